The van der Waals surface area contributed by atoms with Crippen molar-refractivity contribution in [2.75, 3.05) is 27.2 Å². The first-order chi connectivity index (χ1) is 9.41. The van der Waals surface area contributed by atoms with Gasteiger partial charge in [-0.3, -0.25) is 4.79 Å². The summed E-state index contributed by atoms with van der Waals surface area (Å²) in [6.45, 7) is 3.79. The minimum absolute atomic E-state index is 0.177. The topological polar surface area (TPSA) is 49.6 Å². The van der Waals surface area contributed by atoms with E-state index in [1.165, 1.54) is 25.7 Å². The molecular formula is C15H29N3OS. The smallest absolute Gasteiger partial charge is 0.223 e. The highest BCUT2D eigenvalue weighted by Gasteiger charge is 2.25. The predicted molar refractivity (Wildman–Crippen MR) is 87.7 cm³/mol. The van der Waals surface area contributed by atoms with Crippen molar-refractivity contribution in [2.24, 2.45) is 11.7 Å². The van der Waals surface area contributed by atoms with Crippen LogP contribution in [0.15, 0.2) is 0 Å². The number of nitrogens with two attached hydrogens (primary N) is 1. The largest absolute Gasteiger partial charge is 0.393 e. The molecule has 0 radical (unpaired) electrons. The van der Waals surface area contributed by atoms with E-state index in [4.69, 9.17) is 18.0 Å². The number of nitrogens with zero attached hydrogens (tertiary/aromatic N) is 2. The molecule has 0 saturated heterocycles. The fraction of sp³-hybridized carbons (Fsp3) is 0.867. The van der Waals surface area contributed by atoms with Crippen molar-refractivity contribution < 1.29 is 4.79 Å². The highest BCUT2D eigenvalue weighted by molar-refractivity contribution is 7.80. The van der Waals surface area contributed by atoms with E-state index < -0.39 is 0 Å². The van der Waals surface area contributed by atoms with Crippen LogP contribution in [0.1, 0.15) is 45.4 Å². The van der Waals surface area contributed by atoms with Crippen LogP contribution in [0.25, 0.3) is 0 Å². The van der Waals surface area contributed by atoms with E-state index in [0.717, 1.165) is 12.5 Å². The summed E-state index contributed by atoms with van der Waals surface area (Å²) >= 11 is 4.84. The maximum absolute atomic E-state index is 12.0. The van der Waals surface area contributed by atoms with Gasteiger partial charge in [0.15, 0.2) is 0 Å². The van der Waals surface area contributed by atoms with Gasteiger partial charge in [0.25, 0.3) is 0 Å². The lowest BCUT2D eigenvalue weighted by molar-refractivity contribution is -0.130. The molecule has 5 heteroatoms. The third kappa shape index (κ3) is 5.75. The lowest BCUT2D eigenvalue weighted by Crippen LogP contribution is -2.41. The second-order valence-corrected chi connectivity index (χ2v) is 6.62. The molecule has 2 atom stereocenters. The SMILES string of the molecule is CC1CCCCC1N(C)CCC(=O)N(C)CCC(N)=S. The van der Waals surface area contributed by atoms with Gasteiger partial charge in [-0.1, -0.05) is 32.0 Å². The highest BCUT2D eigenvalue weighted by Crippen LogP contribution is 2.27. The molecule has 2 N–H and O–H groups in total. The van der Waals surface area contributed by atoms with Gasteiger partial charge in [-0.05, 0) is 25.8 Å². The molecule has 0 aromatic rings. The van der Waals surface area contributed by atoms with Gasteiger partial charge in [-0.2, -0.15) is 0 Å². The summed E-state index contributed by atoms with van der Waals surface area (Å²) in [6.07, 6.45) is 6.44. The summed E-state index contributed by atoms with van der Waals surface area (Å²) in [6, 6.07) is 0.637. The van der Waals surface area contributed by atoms with E-state index in [9.17, 15) is 4.79 Å². The Morgan fingerprint density at radius 1 is 1.20 bits per heavy atom. The predicted octanol–water partition coefficient (Wildman–Crippen LogP) is 2.02. The third-order valence-corrected chi connectivity index (χ3v) is 4.63. The van der Waals surface area contributed by atoms with Gasteiger partial charge in [0.2, 0.25) is 5.91 Å². The molecule has 1 amide bonds. The lowest BCUT2D eigenvalue weighted by Gasteiger charge is -2.36. The van der Waals surface area contributed by atoms with Gasteiger partial charge in [-0.15, -0.1) is 0 Å². The fourth-order valence-corrected chi connectivity index (χ4v) is 3.07. The maximum Gasteiger partial charge on any atom is 0.223 e. The van der Waals surface area contributed by atoms with E-state index in [1.54, 1.807) is 4.90 Å². The van der Waals surface area contributed by atoms with Crippen LogP contribution in [-0.4, -0.2) is 53.9 Å². The van der Waals surface area contributed by atoms with Crippen molar-refractivity contribution in [2.45, 2.75) is 51.5 Å². The Kier molecular flexibility index (Phi) is 7.45. The van der Waals surface area contributed by atoms with Gasteiger partial charge in [0, 0.05) is 39.0 Å². The molecule has 4 nitrogen and oxygen atoms in total. The van der Waals surface area contributed by atoms with E-state index in [2.05, 4.69) is 18.9 Å². The quantitative estimate of drug-likeness (QED) is 0.731. The summed E-state index contributed by atoms with van der Waals surface area (Å²) in [7, 11) is 3.97. The van der Waals surface area contributed by atoms with E-state index in [0.29, 0.717) is 30.4 Å². The lowest BCUT2D eigenvalue weighted by atomic mass is 9.85. The maximum atomic E-state index is 12.0. The van der Waals surface area contributed by atoms with E-state index in [-0.39, 0.29) is 5.91 Å². The number of rotatable bonds is 7. The molecule has 0 aliphatic heterocycles. The first-order valence-electron chi connectivity index (χ1n) is 7.64. The third-order valence-electron chi connectivity index (χ3n) is 4.43. The van der Waals surface area contributed by atoms with Crippen molar-refractivity contribution in [1.82, 2.24) is 9.80 Å². The Labute approximate surface area is 128 Å². The molecule has 1 saturated carbocycles. The molecule has 1 aliphatic rings. The molecule has 0 spiro atoms. The minimum Gasteiger partial charge on any atom is -0.393 e. The summed E-state index contributed by atoms with van der Waals surface area (Å²) in [5.41, 5.74) is 5.46. The summed E-state index contributed by atoms with van der Waals surface area (Å²) in [4.78, 5) is 16.6. The normalized spacial score (nSPS) is 22.8. The van der Waals surface area contributed by atoms with Gasteiger partial charge in [-0.25, -0.2) is 0 Å². The Balaban J connectivity index is 2.30. The average Bonchev–Trinajstić information content (AvgIpc) is 2.42. The number of amides is 1. The minimum atomic E-state index is 0.177. The standard InChI is InChI=1S/C15H29N3OS/c1-12-6-4-5-7-13(12)17(2)11-9-15(19)18(3)10-8-14(16)20/h12-13H,4-11H2,1-3H3,(H2,16,20). The summed E-state index contributed by atoms with van der Waals surface area (Å²) < 4.78 is 0. The zero-order valence-corrected chi connectivity index (χ0v) is 13.9. The van der Waals surface area contributed by atoms with Crippen LogP contribution in [0.2, 0.25) is 0 Å². The molecule has 116 valence electrons. The number of hydrogen-bond acceptors (Lipinski definition) is 3. The molecule has 1 rings (SSSR count). The molecule has 0 heterocycles. The number of carbonyl (C=O) groups is 1. The molecule has 20 heavy (non-hydrogen) atoms. The number of thiocarbonyl (C=S) groups is 1. The first-order valence-corrected chi connectivity index (χ1v) is 8.05. The van der Waals surface area contributed by atoms with Crippen LogP contribution in [0.3, 0.4) is 0 Å². The van der Waals surface area contributed by atoms with Crippen LogP contribution in [0, 0.1) is 5.92 Å². The van der Waals surface area contributed by atoms with Crippen molar-refractivity contribution in [3.8, 4) is 0 Å². The zero-order chi connectivity index (χ0) is 15.1. The van der Waals surface area contributed by atoms with Crippen molar-refractivity contribution in [3.05, 3.63) is 0 Å². The molecule has 1 fully saturated rings. The second kappa shape index (κ2) is 8.57. The van der Waals surface area contributed by atoms with Crippen molar-refractivity contribution >= 4 is 23.1 Å². The summed E-state index contributed by atoms with van der Waals surface area (Å²) in [5.74, 6) is 0.924. The Morgan fingerprint density at radius 2 is 1.85 bits per heavy atom. The van der Waals surface area contributed by atoms with Crippen molar-refractivity contribution in [3.63, 3.8) is 0 Å². The number of hydrogen-bond donors (Lipinski definition) is 1. The Morgan fingerprint density at radius 3 is 2.45 bits per heavy atom. The van der Waals surface area contributed by atoms with Gasteiger partial charge < -0.3 is 15.5 Å². The molecule has 1 aliphatic carbocycles. The van der Waals surface area contributed by atoms with Crippen LogP contribution < -0.4 is 5.73 Å². The van der Waals surface area contributed by atoms with Gasteiger partial charge >= 0.3 is 0 Å². The molecule has 0 aromatic heterocycles. The van der Waals surface area contributed by atoms with Crippen LogP contribution in [-0.2, 0) is 4.79 Å². The average molecular weight is 299 g/mol. The first kappa shape index (κ1) is 17.4. The van der Waals surface area contributed by atoms with Crippen LogP contribution in [0.5, 0.6) is 0 Å². The molecule has 0 bridgehead atoms. The second-order valence-electron chi connectivity index (χ2n) is 6.09. The molecular weight excluding hydrogens is 270 g/mol. The van der Waals surface area contributed by atoms with E-state index in [1.807, 2.05) is 7.05 Å². The van der Waals surface area contributed by atoms with Gasteiger partial charge in [0.1, 0.15) is 0 Å². The Bertz CT molecular complexity index is 335. The Hall–Kier alpha value is -0.680. The molecule has 2 unspecified atom stereocenters. The summed E-state index contributed by atoms with van der Waals surface area (Å²) in [5, 5.41) is 0. The zero-order valence-electron chi connectivity index (χ0n) is 13.1. The van der Waals surface area contributed by atoms with E-state index >= 15 is 0 Å². The van der Waals surface area contributed by atoms with Gasteiger partial charge in [0.05, 0.1) is 4.99 Å². The van der Waals surface area contributed by atoms with Crippen molar-refractivity contribution in [1.29, 1.82) is 0 Å². The van der Waals surface area contributed by atoms with Crippen LogP contribution in [0.4, 0.5) is 0 Å². The van der Waals surface area contributed by atoms with Crippen LogP contribution >= 0.6 is 12.2 Å². The monoisotopic (exact) mass is 299 g/mol. The highest BCUT2D eigenvalue weighted by atomic mass is 32.1. The molecule has 0 aromatic carbocycles. The number of carbonyl (C=O) groups excluding carboxylic acids is 1. The fourth-order valence-electron chi connectivity index (χ4n) is 2.98.